The summed E-state index contributed by atoms with van der Waals surface area (Å²) in [4.78, 5) is 2.55. The van der Waals surface area contributed by atoms with Gasteiger partial charge in [-0.15, -0.1) is 0 Å². The first kappa shape index (κ1) is 4.36. The third-order valence-corrected chi connectivity index (χ3v) is 1.48. The van der Waals surface area contributed by atoms with Crippen LogP contribution in [0.4, 0.5) is 0 Å². The number of unbranched alkanes of at least 4 members (excludes halogenated alkanes) is 1. The molecule has 0 aromatic rings. The second-order valence-corrected chi connectivity index (χ2v) is 2.40. The Hall–Kier alpha value is -0.690. The second-order valence-electron chi connectivity index (χ2n) is 2.40. The number of hydrogen-bond donors (Lipinski definition) is 0. The maximum absolute atomic E-state index is 8.20. The molecule has 0 rings (SSSR count). The molecule has 0 aliphatic rings. The van der Waals surface area contributed by atoms with E-state index < -0.39 is 19.1 Å². The van der Waals surface area contributed by atoms with Gasteiger partial charge in [-0.3, -0.25) is 0 Å². The Bertz CT molecular complexity index is 257. The van der Waals surface area contributed by atoms with E-state index in [-0.39, 0.29) is 6.54 Å². The lowest BCUT2D eigenvalue weighted by molar-refractivity contribution is 0.461. The molecule has 0 bridgehead atoms. The molecular weight excluding hydrogens is 138 g/mol. The van der Waals surface area contributed by atoms with Gasteiger partial charge < -0.3 is 0 Å². The van der Waals surface area contributed by atoms with Crippen molar-refractivity contribution < 1.29 is 6.85 Å². The fraction of sp³-hybridized carbons (Fsp3) is 1.00. The molecule has 0 saturated carbocycles. The summed E-state index contributed by atoms with van der Waals surface area (Å²) in [6, 6.07) is 0. The van der Waals surface area contributed by atoms with Crippen LogP contribution in [-0.2, 0) is 0 Å². The molecule has 64 valence electrons. The Morgan fingerprint density at radius 1 is 1.82 bits per heavy atom. The molecule has 3 nitrogen and oxygen atoms in total. The predicted octanol–water partition coefficient (Wildman–Crippen LogP) is 3.51. The van der Waals surface area contributed by atoms with Gasteiger partial charge in [0.1, 0.15) is 0 Å². The van der Waals surface area contributed by atoms with Crippen LogP contribution in [0.25, 0.3) is 10.4 Å². The largest absolute Gasteiger partial charge is 0.0937 e. The molecule has 0 radical (unpaired) electrons. The predicted molar refractivity (Wildman–Crippen MR) is 47.3 cm³/mol. The lowest BCUT2D eigenvalue weighted by atomic mass is 10.00. The van der Waals surface area contributed by atoms with Gasteiger partial charge in [0.2, 0.25) is 0 Å². The minimum absolute atomic E-state index is 0.109. The Kier molecular flexibility index (Phi) is 2.94. The highest BCUT2D eigenvalue weighted by Gasteiger charge is 2.02. The van der Waals surface area contributed by atoms with E-state index in [1.54, 1.807) is 0 Å². The zero-order valence-corrected chi connectivity index (χ0v) is 6.75. The van der Waals surface area contributed by atoms with Gasteiger partial charge in [-0.25, -0.2) is 0 Å². The average Bonchev–Trinajstić information content (AvgIpc) is 2.16. The van der Waals surface area contributed by atoms with Crippen molar-refractivity contribution in [2.24, 2.45) is 11.0 Å². The summed E-state index contributed by atoms with van der Waals surface area (Å²) in [5.74, 6) is -0.754. The molecule has 0 heterocycles. The molecule has 0 saturated heterocycles. The molecule has 0 aliphatic heterocycles. The first-order valence-corrected chi connectivity index (χ1v) is 3.78. The van der Waals surface area contributed by atoms with Gasteiger partial charge in [0.25, 0.3) is 0 Å². The van der Waals surface area contributed by atoms with Crippen LogP contribution in [0.3, 0.4) is 0 Å². The normalized spacial score (nSPS) is 21.4. The molecule has 0 aliphatic carbocycles. The number of azide groups is 1. The summed E-state index contributed by atoms with van der Waals surface area (Å²) in [5, 5.41) is 3.30. The fourth-order valence-electron chi connectivity index (χ4n) is 0.795. The maximum Gasteiger partial charge on any atom is 0.0286 e. The van der Waals surface area contributed by atoms with Crippen LogP contribution in [0.15, 0.2) is 5.11 Å². The quantitative estimate of drug-likeness (QED) is 0.324. The van der Waals surface area contributed by atoms with Gasteiger partial charge in [-0.1, -0.05) is 44.5 Å². The minimum Gasteiger partial charge on any atom is -0.0937 e. The highest BCUT2D eigenvalue weighted by atomic mass is 15.1. The van der Waals surface area contributed by atoms with Crippen LogP contribution in [0.5, 0.6) is 0 Å². The SMILES string of the molecule is [2H]C([2H])([2H])C([2H])([2H])C(CCCC)CN=[N+]=[N-]. The van der Waals surface area contributed by atoms with Crippen LogP contribution in [0, 0.1) is 5.92 Å². The molecule has 3 heteroatoms. The molecule has 0 aromatic heterocycles. The number of hydrogen-bond acceptors (Lipinski definition) is 1. The zero-order chi connectivity index (χ0) is 12.8. The van der Waals surface area contributed by atoms with Gasteiger partial charge in [0.05, 0.1) is 0 Å². The van der Waals surface area contributed by atoms with E-state index >= 15 is 0 Å². The lowest BCUT2D eigenvalue weighted by Gasteiger charge is -2.09. The smallest absolute Gasteiger partial charge is 0.0286 e. The van der Waals surface area contributed by atoms with E-state index in [1.807, 2.05) is 6.92 Å². The molecule has 1 atom stereocenters. The molecule has 0 amide bonds. The summed E-state index contributed by atoms with van der Waals surface area (Å²) in [6.07, 6.45) is -0.317. The summed E-state index contributed by atoms with van der Waals surface area (Å²) in [6.45, 7) is -0.853. The van der Waals surface area contributed by atoms with E-state index in [1.165, 1.54) is 0 Å². The Balaban J connectivity index is 4.78. The van der Waals surface area contributed by atoms with E-state index in [9.17, 15) is 0 Å². The lowest BCUT2D eigenvalue weighted by Crippen LogP contribution is -2.01. The van der Waals surface area contributed by atoms with Gasteiger partial charge >= 0.3 is 0 Å². The van der Waals surface area contributed by atoms with Crippen molar-refractivity contribution in [3.8, 4) is 0 Å². The van der Waals surface area contributed by atoms with Crippen molar-refractivity contribution in [2.45, 2.75) is 39.4 Å². The second kappa shape index (κ2) is 7.42. The van der Waals surface area contributed by atoms with E-state index in [2.05, 4.69) is 10.0 Å². The Morgan fingerprint density at radius 3 is 3.18 bits per heavy atom. The molecule has 0 spiro atoms. The van der Waals surface area contributed by atoms with Gasteiger partial charge in [-0.05, 0) is 11.4 Å². The molecule has 1 unspecified atom stereocenters. The summed E-state index contributed by atoms with van der Waals surface area (Å²) < 4.78 is 36.7. The first-order valence-electron chi connectivity index (χ1n) is 6.28. The first-order chi connectivity index (χ1) is 7.27. The number of nitrogens with zero attached hydrogens (tertiary/aromatic N) is 3. The highest BCUT2D eigenvalue weighted by molar-refractivity contribution is 4.60. The standard InChI is InChI=1S/C8H17N3/c1-3-5-6-8(4-2)7-10-11-9/h8H,3-7H2,1-2H3/i2D3,4D2. The third kappa shape index (κ3) is 5.74. The van der Waals surface area contributed by atoms with Crippen LogP contribution < -0.4 is 0 Å². The minimum atomic E-state index is -2.68. The van der Waals surface area contributed by atoms with Gasteiger partial charge in [0, 0.05) is 18.3 Å². The molecule has 11 heavy (non-hydrogen) atoms. The van der Waals surface area contributed by atoms with Crippen LogP contribution >= 0.6 is 0 Å². The fourth-order valence-corrected chi connectivity index (χ4v) is 0.795. The van der Waals surface area contributed by atoms with Crippen molar-refractivity contribution >= 4 is 0 Å². The molecule has 0 N–H and O–H groups in total. The van der Waals surface area contributed by atoms with E-state index in [0.717, 1.165) is 12.8 Å². The zero-order valence-electron chi connectivity index (χ0n) is 11.7. The van der Waals surface area contributed by atoms with Gasteiger partial charge in [0.15, 0.2) is 0 Å². The molecular formula is C8H17N3. The van der Waals surface area contributed by atoms with Crippen molar-refractivity contribution in [1.29, 1.82) is 0 Å². The third-order valence-electron chi connectivity index (χ3n) is 1.48. The van der Waals surface area contributed by atoms with Crippen molar-refractivity contribution in [1.82, 2.24) is 0 Å². The summed E-state index contributed by atoms with van der Waals surface area (Å²) in [5.41, 5.74) is 8.20. The van der Waals surface area contributed by atoms with E-state index in [0.29, 0.717) is 6.42 Å². The van der Waals surface area contributed by atoms with Crippen molar-refractivity contribution in [3.63, 3.8) is 0 Å². The van der Waals surface area contributed by atoms with Crippen molar-refractivity contribution in [3.05, 3.63) is 10.4 Å². The molecule has 0 fully saturated rings. The summed E-state index contributed by atoms with van der Waals surface area (Å²) >= 11 is 0. The topological polar surface area (TPSA) is 48.8 Å². The van der Waals surface area contributed by atoms with Gasteiger partial charge in [-0.2, -0.15) is 0 Å². The summed E-state index contributed by atoms with van der Waals surface area (Å²) in [7, 11) is 0. The van der Waals surface area contributed by atoms with Crippen LogP contribution in [0.2, 0.25) is 0 Å². The average molecular weight is 160 g/mol. The van der Waals surface area contributed by atoms with E-state index in [4.69, 9.17) is 12.4 Å². The van der Waals surface area contributed by atoms with Crippen LogP contribution in [0.1, 0.15) is 46.3 Å². The highest BCUT2D eigenvalue weighted by Crippen LogP contribution is 2.12. The Morgan fingerprint density at radius 2 is 2.64 bits per heavy atom. The molecule has 0 aromatic carbocycles. The van der Waals surface area contributed by atoms with Crippen LogP contribution in [-0.4, -0.2) is 6.54 Å². The maximum atomic E-state index is 8.20. The monoisotopic (exact) mass is 160 g/mol. The Labute approximate surface area is 75.5 Å². The number of rotatable bonds is 6. The van der Waals surface area contributed by atoms with Crippen molar-refractivity contribution in [2.75, 3.05) is 6.54 Å².